The van der Waals surface area contributed by atoms with Crippen LogP contribution in [0.5, 0.6) is 0 Å². The number of nitrogens with one attached hydrogen (secondary N) is 1. The lowest BCUT2D eigenvalue weighted by molar-refractivity contribution is -0.711. The molecule has 4 aromatic rings. The van der Waals surface area contributed by atoms with Crippen molar-refractivity contribution in [1.82, 2.24) is 10.1 Å². The highest BCUT2D eigenvalue weighted by molar-refractivity contribution is 7.46. The molecule has 0 amide bonds. The second-order valence-corrected chi connectivity index (χ2v) is 8.43. The van der Waals surface area contributed by atoms with Crippen LogP contribution in [0.25, 0.3) is 11.3 Å². The van der Waals surface area contributed by atoms with Crippen LogP contribution in [0.3, 0.4) is 0 Å². The molecule has 34 heavy (non-hydrogen) atoms. The number of phosphoric ester groups is 1. The molecule has 4 rings (SSSR count). The molecule has 0 aliphatic carbocycles. The van der Waals surface area contributed by atoms with Crippen LogP contribution in [0.2, 0.25) is 0 Å². The molecule has 176 valence electrons. The second-order valence-electron chi connectivity index (χ2n) is 7.19. The minimum atomic E-state index is -4.66. The molecular weight excluding hydrogens is 471 g/mol. The predicted octanol–water partition coefficient (Wildman–Crippen LogP) is 3.29. The maximum Gasteiger partial charge on any atom is 0.472 e. The number of halogens is 2. The predicted molar refractivity (Wildman–Crippen MR) is 116 cm³/mol. The van der Waals surface area contributed by atoms with E-state index in [1.54, 1.807) is 36.5 Å². The van der Waals surface area contributed by atoms with Crippen LogP contribution < -0.4 is 15.6 Å². The Balaban J connectivity index is 1.45. The fraction of sp³-hybridized carbons (Fsp3) is 0.0952. The van der Waals surface area contributed by atoms with Crippen molar-refractivity contribution in [2.75, 3.05) is 11.1 Å². The molecular formula is C21H19F2N5O5P+. The quantitative estimate of drug-likeness (QED) is 0.216. The number of nitrogens with two attached hydrogens (primary N) is 1. The highest BCUT2D eigenvalue weighted by Crippen LogP contribution is 2.35. The third-order valence-electron chi connectivity index (χ3n) is 4.70. The van der Waals surface area contributed by atoms with E-state index in [4.69, 9.17) is 20.0 Å². The van der Waals surface area contributed by atoms with Crippen molar-refractivity contribution in [3.63, 3.8) is 0 Å². The lowest BCUT2D eigenvalue weighted by Gasteiger charge is -2.07. The summed E-state index contributed by atoms with van der Waals surface area (Å²) in [5.41, 5.74) is 7.89. The summed E-state index contributed by atoms with van der Waals surface area (Å²) in [4.78, 5) is 22.0. The summed E-state index contributed by atoms with van der Waals surface area (Å²) in [5, 5.41) is 6.75. The van der Waals surface area contributed by atoms with Crippen LogP contribution in [0.1, 0.15) is 11.3 Å². The number of pyridine rings is 2. The summed E-state index contributed by atoms with van der Waals surface area (Å²) in [5.74, 6) is -0.308. The highest BCUT2D eigenvalue weighted by atomic mass is 31.2. The van der Waals surface area contributed by atoms with Gasteiger partial charge in [-0.2, -0.15) is 0 Å². The third-order valence-corrected chi connectivity index (χ3v) is 5.16. The first kappa shape index (κ1) is 23.5. The Morgan fingerprint density at radius 1 is 1.18 bits per heavy atom. The summed E-state index contributed by atoms with van der Waals surface area (Å²) in [6.07, 6.45) is 3.44. The third kappa shape index (κ3) is 5.80. The van der Waals surface area contributed by atoms with Crippen LogP contribution in [0, 0.1) is 11.6 Å². The molecule has 10 nitrogen and oxygen atoms in total. The van der Waals surface area contributed by atoms with E-state index in [1.165, 1.54) is 10.8 Å². The van der Waals surface area contributed by atoms with Gasteiger partial charge in [0.2, 0.25) is 6.73 Å². The minimum absolute atomic E-state index is 0.0229. The molecule has 0 atom stereocenters. The van der Waals surface area contributed by atoms with Gasteiger partial charge in [-0.3, -0.25) is 5.73 Å². The average Bonchev–Trinajstić information content (AvgIpc) is 3.24. The van der Waals surface area contributed by atoms with Gasteiger partial charge in [-0.15, -0.1) is 0 Å². The maximum atomic E-state index is 13.8. The lowest BCUT2D eigenvalue weighted by Crippen LogP contribution is -2.38. The van der Waals surface area contributed by atoms with Crippen molar-refractivity contribution in [1.29, 1.82) is 0 Å². The van der Waals surface area contributed by atoms with Gasteiger partial charge in [-0.25, -0.2) is 27.4 Å². The van der Waals surface area contributed by atoms with Crippen molar-refractivity contribution in [2.45, 2.75) is 13.2 Å². The van der Waals surface area contributed by atoms with Crippen LogP contribution >= 0.6 is 7.82 Å². The molecule has 5 N–H and O–H groups in total. The lowest BCUT2D eigenvalue weighted by atomic mass is 10.1. The average molecular weight is 490 g/mol. The van der Waals surface area contributed by atoms with Crippen molar-refractivity contribution < 1.29 is 36.7 Å². The van der Waals surface area contributed by atoms with E-state index < -0.39 is 26.2 Å². The van der Waals surface area contributed by atoms with Crippen molar-refractivity contribution in [2.24, 2.45) is 0 Å². The molecule has 0 unspecified atom stereocenters. The standard InChI is InChI=1S/C21H18F2N5O5P/c22-14-4-5-17(23)18(9-14)26-20-6-3-13(11-25-20)8-15-10-19(33-27-15)16-2-1-7-28(21(16)24)12-32-34(29,30)31/h1-7,9-11,24H,8,12H2,(H3,25,26,29,30,31)/p+1. The summed E-state index contributed by atoms with van der Waals surface area (Å²) in [6, 6.07) is 11.4. The zero-order valence-corrected chi connectivity index (χ0v) is 18.3. The number of benzene rings is 1. The highest BCUT2D eigenvalue weighted by Gasteiger charge is 2.20. The largest absolute Gasteiger partial charge is 0.472 e. The maximum absolute atomic E-state index is 13.8. The number of rotatable bonds is 8. The zero-order valence-electron chi connectivity index (χ0n) is 17.4. The van der Waals surface area contributed by atoms with E-state index in [2.05, 4.69) is 20.0 Å². The Hall–Kier alpha value is -3.70. The van der Waals surface area contributed by atoms with E-state index in [9.17, 15) is 13.3 Å². The Bertz CT molecular complexity index is 1360. The van der Waals surface area contributed by atoms with Crippen LogP contribution in [-0.2, 0) is 22.2 Å². The molecule has 3 heterocycles. The van der Waals surface area contributed by atoms with Crippen molar-refractivity contribution in [3.05, 3.63) is 83.8 Å². The topological polar surface area (TPSA) is 148 Å². The van der Waals surface area contributed by atoms with E-state index in [-0.39, 0.29) is 11.5 Å². The van der Waals surface area contributed by atoms with E-state index in [1.807, 2.05) is 0 Å². The summed E-state index contributed by atoms with van der Waals surface area (Å²) >= 11 is 0. The van der Waals surface area contributed by atoms with Crippen molar-refractivity contribution >= 4 is 25.1 Å². The van der Waals surface area contributed by atoms with Gasteiger partial charge in [-0.05, 0) is 35.9 Å². The van der Waals surface area contributed by atoms with Gasteiger partial charge in [0.1, 0.15) is 23.0 Å². The monoisotopic (exact) mass is 490 g/mol. The number of phosphoric acid groups is 1. The molecule has 1 aromatic carbocycles. The van der Waals surface area contributed by atoms with Gasteiger partial charge < -0.3 is 19.6 Å². The minimum Gasteiger partial charge on any atom is -0.356 e. The number of nitrogens with zero attached hydrogens (tertiary/aromatic N) is 3. The number of nitrogen functional groups attached to an aromatic ring is 1. The number of hydrogen-bond acceptors (Lipinski definition) is 7. The van der Waals surface area contributed by atoms with Gasteiger partial charge in [0, 0.05) is 24.8 Å². The van der Waals surface area contributed by atoms with Crippen LogP contribution in [0.4, 0.5) is 26.1 Å². The molecule has 0 aliphatic rings. The molecule has 0 saturated carbocycles. The second kappa shape index (κ2) is 9.65. The van der Waals surface area contributed by atoms with Crippen molar-refractivity contribution in [3.8, 4) is 11.3 Å². The molecule has 13 heteroatoms. The first-order valence-corrected chi connectivity index (χ1v) is 11.3. The van der Waals surface area contributed by atoms with E-state index in [0.717, 1.165) is 23.8 Å². The summed E-state index contributed by atoms with van der Waals surface area (Å²) < 4.78 is 49.2. The first-order valence-electron chi connectivity index (χ1n) is 9.79. The molecule has 0 fully saturated rings. The fourth-order valence-electron chi connectivity index (χ4n) is 3.09. The number of anilines is 3. The fourth-order valence-corrected chi connectivity index (χ4v) is 3.36. The SMILES string of the molecule is Nc1c(-c2cc(Cc3ccc(Nc4cc(F)ccc4F)nc3)no2)ccc[n+]1COP(=O)(O)O. The Morgan fingerprint density at radius 3 is 2.74 bits per heavy atom. The number of hydrogen-bond donors (Lipinski definition) is 4. The summed E-state index contributed by atoms with van der Waals surface area (Å²) in [6.45, 7) is -0.448. The van der Waals surface area contributed by atoms with Crippen LogP contribution in [-0.4, -0.2) is 19.9 Å². The molecule has 3 aromatic heterocycles. The van der Waals surface area contributed by atoms with Gasteiger partial charge in [0.15, 0.2) is 5.76 Å². The smallest absolute Gasteiger partial charge is 0.356 e. The Morgan fingerprint density at radius 2 is 2.00 bits per heavy atom. The first-order chi connectivity index (χ1) is 16.2. The molecule has 0 spiro atoms. The van der Waals surface area contributed by atoms with E-state index >= 15 is 0 Å². The van der Waals surface area contributed by atoms with Gasteiger partial charge in [0.05, 0.1) is 17.6 Å². The van der Waals surface area contributed by atoms with Gasteiger partial charge >= 0.3 is 7.82 Å². The molecule has 0 bridgehead atoms. The molecule has 0 saturated heterocycles. The zero-order chi connectivity index (χ0) is 24.3. The Labute approximate surface area is 191 Å². The molecule has 0 aliphatic heterocycles. The van der Waals surface area contributed by atoms with Crippen LogP contribution in [0.15, 0.2) is 65.4 Å². The summed E-state index contributed by atoms with van der Waals surface area (Å²) in [7, 11) is -4.66. The molecule has 0 radical (unpaired) electrons. The van der Waals surface area contributed by atoms with E-state index in [0.29, 0.717) is 29.3 Å². The van der Waals surface area contributed by atoms with Gasteiger partial charge in [-0.1, -0.05) is 11.2 Å². The number of aromatic nitrogens is 3. The van der Waals surface area contributed by atoms with Gasteiger partial charge in [0.25, 0.3) is 5.82 Å². The Kier molecular flexibility index (Phi) is 6.66. The normalized spacial score (nSPS) is 11.5.